The standard InChI is InChI=1S/C12H22O2S/c1-3-10-6-4-5-7-11(10)15-9(2)8-12(13)14/h9-11H,3-8H2,1-2H3,(H,13,14). The van der Waals surface area contributed by atoms with Crippen molar-refractivity contribution in [2.45, 2.75) is 62.9 Å². The summed E-state index contributed by atoms with van der Waals surface area (Å²) in [4.78, 5) is 10.6. The quantitative estimate of drug-likeness (QED) is 0.784. The van der Waals surface area contributed by atoms with Gasteiger partial charge in [-0.05, 0) is 18.8 Å². The summed E-state index contributed by atoms with van der Waals surface area (Å²) in [6.07, 6.45) is 6.87. The summed E-state index contributed by atoms with van der Waals surface area (Å²) in [5, 5.41) is 9.69. The van der Waals surface area contributed by atoms with E-state index in [2.05, 4.69) is 6.92 Å². The molecule has 0 aliphatic heterocycles. The fourth-order valence-electron chi connectivity index (χ4n) is 2.41. The van der Waals surface area contributed by atoms with Gasteiger partial charge in [-0.3, -0.25) is 4.79 Å². The third kappa shape index (κ3) is 4.45. The Morgan fingerprint density at radius 2 is 2.13 bits per heavy atom. The molecule has 1 aliphatic rings. The van der Waals surface area contributed by atoms with Gasteiger partial charge in [0.15, 0.2) is 0 Å². The van der Waals surface area contributed by atoms with Gasteiger partial charge >= 0.3 is 5.97 Å². The third-order valence-electron chi connectivity index (χ3n) is 3.23. The number of aliphatic carboxylic acids is 1. The molecular formula is C12H22O2S. The summed E-state index contributed by atoms with van der Waals surface area (Å²) >= 11 is 1.90. The minimum absolute atomic E-state index is 0.264. The maximum atomic E-state index is 10.6. The Kier molecular flexibility index (Phi) is 5.51. The molecule has 0 spiro atoms. The second-order valence-electron chi connectivity index (χ2n) is 4.54. The van der Waals surface area contributed by atoms with Gasteiger partial charge in [0.05, 0.1) is 6.42 Å². The zero-order chi connectivity index (χ0) is 11.3. The van der Waals surface area contributed by atoms with Crippen LogP contribution in [0.25, 0.3) is 0 Å². The number of thioether (sulfide) groups is 1. The highest BCUT2D eigenvalue weighted by Crippen LogP contribution is 2.37. The lowest BCUT2D eigenvalue weighted by molar-refractivity contribution is -0.136. The van der Waals surface area contributed by atoms with Crippen LogP contribution in [0.3, 0.4) is 0 Å². The number of carboxylic acids is 1. The van der Waals surface area contributed by atoms with Crippen molar-refractivity contribution < 1.29 is 9.90 Å². The van der Waals surface area contributed by atoms with Gasteiger partial charge in [-0.25, -0.2) is 0 Å². The summed E-state index contributed by atoms with van der Waals surface area (Å²) in [7, 11) is 0. The Bertz CT molecular complexity index is 206. The number of carbonyl (C=O) groups is 1. The molecule has 1 saturated carbocycles. The molecule has 1 rings (SSSR count). The average molecular weight is 230 g/mol. The minimum Gasteiger partial charge on any atom is -0.481 e. The van der Waals surface area contributed by atoms with Crippen molar-refractivity contribution in [3.8, 4) is 0 Å². The highest BCUT2D eigenvalue weighted by atomic mass is 32.2. The van der Waals surface area contributed by atoms with E-state index < -0.39 is 5.97 Å². The molecule has 0 bridgehead atoms. The molecule has 0 saturated heterocycles. The Labute approximate surface area is 96.8 Å². The molecular weight excluding hydrogens is 208 g/mol. The lowest BCUT2D eigenvalue weighted by atomic mass is 9.87. The van der Waals surface area contributed by atoms with Gasteiger partial charge in [-0.2, -0.15) is 11.8 Å². The van der Waals surface area contributed by atoms with Crippen molar-refractivity contribution >= 4 is 17.7 Å². The van der Waals surface area contributed by atoms with Crippen LogP contribution in [0.4, 0.5) is 0 Å². The van der Waals surface area contributed by atoms with Gasteiger partial charge in [-0.15, -0.1) is 0 Å². The monoisotopic (exact) mass is 230 g/mol. The van der Waals surface area contributed by atoms with E-state index in [1.807, 2.05) is 18.7 Å². The summed E-state index contributed by atoms with van der Waals surface area (Å²) < 4.78 is 0. The molecule has 1 fully saturated rings. The molecule has 0 aromatic heterocycles. The summed E-state index contributed by atoms with van der Waals surface area (Å²) in [5.74, 6) is 0.152. The van der Waals surface area contributed by atoms with Crippen LogP contribution in [0.5, 0.6) is 0 Å². The van der Waals surface area contributed by atoms with Gasteiger partial charge in [0, 0.05) is 10.5 Å². The van der Waals surface area contributed by atoms with Gasteiger partial charge in [0.1, 0.15) is 0 Å². The van der Waals surface area contributed by atoms with Crippen LogP contribution in [-0.4, -0.2) is 21.6 Å². The maximum absolute atomic E-state index is 10.6. The molecule has 0 heterocycles. The molecule has 0 aromatic carbocycles. The topological polar surface area (TPSA) is 37.3 Å². The Morgan fingerprint density at radius 3 is 2.73 bits per heavy atom. The fraction of sp³-hybridized carbons (Fsp3) is 0.917. The Morgan fingerprint density at radius 1 is 1.47 bits per heavy atom. The zero-order valence-electron chi connectivity index (χ0n) is 9.74. The van der Waals surface area contributed by atoms with Crippen molar-refractivity contribution in [1.82, 2.24) is 0 Å². The molecule has 0 radical (unpaired) electrons. The summed E-state index contributed by atoms with van der Waals surface area (Å²) in [6.45, 7) is 4.30. The lowest BCUT2D eigenvalue weighted by Crippen LogP contribution is -2.24. The Hall–Kier alpha value is -0.180. The van der Waals surface area contributed by atoms with Crippen LogP contribution in [0, 0.1) is 5.92 Å². The van der Waals surface area contributed by atoms with E-state index in [1.165, 1.54) is 32.1 Å². The Balaban J connectivity index is 2.37. The molecule has 88 valence electrons. The first-order valence-electron chi connectivity index (χ1n) is 6.00. The van der Waals surface area contributed by atoms with E-state index in [1.54, 1.807) is 0 Å². The fourth-order valence-corrected chi connectivity index (χ4v) is 4.10. The second kappa shape index (κ2) is 6.41. The van der Waals surface area contributed by atoms with Gasteiger partial charge in [0.2, 0.25) is 0 Å². The third-order valence-corrected chi connectivity index (χ3v) is 4.83. The molecule has 3 atom stereocenters. The molecule has 1 N–H and O–H groups in total. The van der Waals surface area contributed by atoms with Crippen LogP contribution in [0.2, 0.25) is 0 Å². The predicted molar refractivity (Wildman–Crippen MR) is 65.3 cm³/mol. The molecule has 15 heavy (non-hydrogen) atoms. The first kappa shape index (κ1) is 12.9. The smallest absolute Gasteiger partial charge is 0.304 e. The van der Waals surface area contributed by atoms with Crippen molar-refractivity contribution in [2.24, 2.45) is 5.92 Å². The summed E-state index contributed by atoms with van der Waals surface area (Å²) in [5.41, 5.74) is 0. The van der Waals surface area contributed by atoms with Crippen LogP contribution < -0.4 is 0 Å². The summed E-state index contributed by atoms with van der Waals surface area (Å²) in [6, 6.07) is 0. The first-order chi connectivity index (χ1) is 7.13. The second-order valence-corrected chi connectivity index (χ2v) is 6.22. The van der Waals surface area contributed by atoms with E-state index in [0.29, 0.717) is 11.7 Å². The number of rotatable bonds is 5. The van der Waals surface area contributed by atoms with Crippen molar-refractivity contribution in [3.05, 3.63) is 0 Å². The van der Waals surface area contributed by atoms with Crippen LogP contribution in [0.15, 0.2) is 0 Å². The van der Waals surface area contributed by atoms with Crippen LogP contribution in [-0.2, 0) is 4.79 Å². The normalized spacial score (nSPS) is 28.7. The molecule has 1 aliphatic carbocycles. The number of carboxylic acid groups (broad SMARTS) is 1. The number of hydrogen-bond acceptors (Lipinski definition) is 2. The highest BCUT2D eigenvalue weighted by molar-refractivity contribution is 8.00. The molecule has 2 nitrogen and oxygen atoms in total. The molecule has 3 unspecified atom stereocenters. The van der Waals surface area contributed by atoms with E-state index in [9.17, 15) is 4.79 Å². The van der Waals surface area contributed by atoms with Gasteiger partial charge < -0.3 is 5.11 Å². The van der Waals surface area contributed by atoms with Crippen LogP contribution in [0.1, 0.15) is 52.4 Å². The number of hydrogen-bond donors (Lipinski definition) is 1. The van der Waals surface area contributed by atoms with E-state index in [0.717, 1.165) is 5.92 Å². The predicted octanol–water partition coefficient (Wildman–Crippen LogP) is 3.55. The highest BCUT2D eigenvalue weighted by Gasteiger charge is 2.26. The maximum Gasteiger partial charge on any atom is 0.304 e. The lowest BCUT2D eigenvalue weighted by Gasteiger charge is -2.31. The van der Waals surface area contributed by atoms with Crippen molar-refractivity contribution in [3.63, 3.8) is 0 Å². The van der Waals surface area contributed by atoms with E-state index in [4.69, 9.17) is 5.11 Å². The first-order valence-corrected chi connectivity index (χ1v) is 6.95. The molecule has 0 amide bonds. The van der Waals surface area contributed by atoms with Gasteiger partial charge in [-0.1, -0.05) is 33.1 Å². The average Bonchev–Trinajstić information content (AvgIpc) is 2.17. The van der Waals surface area contributed by atoms with Crippen molar-refractivity contribution in [2.75, 3.05) is 0 Å². The van der Waals surface area contributed by atoms with Crippen LogP contribution >= 0.6 is 11.8 Å². The molecule has 3 heteroatoms. The van der Waals surface area contributed by atoms with Gasteiger partial charge in [0.25, 0.3) is 0 Å². The van der Waals surface area contributed by atoms with E-state index in [-0.39, 0.29) is 5.25 Å². The SMILES string of the molecule is CCC1CCCCC1SC(C)CC(=O)O. The molecule has 0 aromatic rings. The largest absolute Gasteiger partial charge is 0.481 e. The zero-order valence-corrected chi connectivity index (χ0v) is 10.6. The van der Waals surface area contributed by atoms with E-state index >= 15 is 0 Å². The minimum atomic E-state index is -0.668. The van der Waals surface area contributed by atoms with Crippen molar-refractivity contribution in [1.29, 1.82) is 0 Å².